The molecule has 1 amide bonds. The second-order valence-corrected chi connectivity index (χ2v) is 7.48. The van der Waals surface area contributed by atoms with Gasteiger partial charge in [-0.2, -0.15) is 23.4 Å². The molecule has 3 aromatic heterocycles. The number of fused-ring (bicyclic) bond motifs is 1. The predicted octanol–water partition coefficient (Wildman–Crippen LogP) is 4.12. The molecule has 1 aromatic carbocycles. The maximum atomic E-state index is 13.5. The van der Waals surface area contributed by atoms with Gasteiger partial charge in [0.15, 0.2) is 17.2 Å². The Labute approximate surface area is 174 Å². The number of hydrogen-bond donors (Lipinski definition) is 1. The number of nitrogens with one attached hydrogen (secondary N) is 1. The molecule has 0 unspecified atom stereocenters. The zero-order chi connectivity index (χ0) is 21.6. The van der Waals surface area contributed by atoms with Gasteiger partial charge in [-0.25, -0.2) is 9.50 Å². The summed E-state index contributed by atoms with van der Waals surface area (Å²) in [6, 6.07) is 13.6. The smallest absolute Gasteiger partial charge is 0.304 e. The van der Waals surface area contributed by atoms with Gasteiger partial charge in [-0.05, 0) is 24.5 Å². The molecule has 158 valence electrons. The van der Waals surface area contributed by atoms with Crippen molar-refractivity contribution in [2.24, 2.45) is 0 Å². The number of alkyl halides is 3. The first-order valence-electron chi connectivity index (χ1n) is 9.73. The van der Waals surface area contributed by atoms with Gasteiger partial charge < -0.3 is 5.32 Å². The lowest BCUT2D eigenvalue weighted by molar-refractivity contribution is -0.142. The van der Waals surface area contributed by atoms with Crippen LogP contribution in [0.2, 0.25) is 0 Å². The largest absolute Gasteiger partial charge is 0.433 e. The van der Waals surface area contributed by atoms with Gasteiger partial charge in [0, 0.05) is 29.9 Å². The summed E-state index contributed by atoms with van der Waals surface area (Å²) < 4.78 is 42.9. The van der Waals surface area contributed by atoms with Crippen molar-refractivity contribution >= 4 is 17.4 Å². The molecule has 10 heteroatoms. The highest BCUT2D eigenvalue weighted by atomic mass is 19.4. The number of aromatic nitrogens is 5. The SMILES string of the molecule is O=C(Nc1ccn(Cc2ccccc2)n1)c1cc2nc(C3CC3)cc(C(F)(F)F)n2n1. The van der Waals surface area contributed by atoms with E-state index in [4.69, 9.17) is 0 Å². The van der Waals surface area contributed by atoms with Crippen LogP contribution in [-0.4, -0.2) is 30.3 Å². The molecule has 4 aromatic rings. The van der Waals surface area contributed by atoms with E-state index in [-0.39, 0.29) is 23.1 Å². The average molecular weight is 426 g/mol. The monoisotopic (exact) mass is 426 g/mol. The zero-order valence-corrected chi connectivity index (χ0v) is 16.2. The first-order valence-corrected chi connectivity index (χ1v) is 9.73. The molecular weight excluding hydrogens is 409 g/mol. The first-order chi connectivity index (χ1) is 14.9. The van der Waals surface area contributed by atoms with Crippen LogP contribution in [0.4, 0.5) is 19.0 Å². The van der Waals surface area contributed by atoms with Crippen LogP contribution in [0.1, 0.15) is 46.2 Å². The number of anilines is 1. The van der Waals surface area contributed by atoms with E-state index >= 15 is 0 Å². The molecule has 0 aliphatic heterocycles. The maximum Gasteiger partial charge on any atom is 0.433 e. The Kier molecular flexibility index (Phi) is 4.49. The Bertz CT molecular complexity index is 1260. The number of nitrogens with zero attached hydrogens (tertiary/aromatic N) is 5. The molecule has 0 saturated heterocycles. The summed E-state index contributed by atoms with van der Waals surface area (Å²) >= 11 is 0. The summed E-state index contributed by atoms with van der Waals surface area (Å²) in [4.78, 5) is 16.9. The third-order valence-electron chi connectivity index (χ3n) is 5.04. The van der Waals surface area contributed by atoms with Crippen LogP contribution in [-0.2, 0) is 12.7 Å². The molecular formula is C21H17F3N6O. The van der Waals surface area contributed by atoms with Gasteiger partial charge in [0.1, 0.15) is 5.69 Å². The van der Waals surface area contributed by atoms with Gasteiger partial charge in [0.05, 0.1) is 6.54 Å². The van der Waals surface area contributed by atoms with Crippen LogP contribution in [0.15, 0.2) is 54.7 Å². The molecule has 1 aliphatic carbocycles. The molecule has 0 atom stereocenters. The lowest BCUT2D eigenvalue weighted by Gasteiger charge is -2.10. The fourth-order valence-electron chi connectivity index (χ4n) is 3.36. The quantitative estimate of drug-likeness (QED) is 0.521. The average Bonchev–Trinajstić information content (AvgIpc) is 3.35. The highest BCUT2D eigenvalue weighted by Crippen LogP contribution is 2.41. The Morgan fingerprint density at radius 2 is 1.87 bits per heavy atom. The molecule has 1 N–H and O–H groups in total. The standard InChI is InChI=1S/C21H17F3N6O/c22-21(23,24)17-10-15(14-6-7-14)25-19-11-16(27-30(17)19)20(31)26-18-8-9-29(28-18)12-13-4-2-1-3-5-13/h1-5,8-11,14H,6-7,12H2,(H,26,28,31). The molecule has 0 spiro atoms. The van der Waals surface area contributed by atoms with Crippen molar-refractivity contribution in [3.63, 3.8) is 0 Å². The number of amides is 1. The van der Waals surface area contributed by atoms with Gasteiger partial charge >= 0.3 is 6.18 Å². The number of benzene rings is 1. The number of rotatable bonds is 5. The lowest BCUT2D eigenvalue weighted by atomic mass is 10.2. The van der Waals surface area contributed by atoms with Crippen molar-refractivity contribution in [2.45, 2.75) is 31.5 Å². The van der Waals surface area contributed by atoms with Crippen molar-refractivity contribution < 1.29 is 18.0 Å². The molecule has 1 saturated carbocycles. The Morgan fingerprint density at radius 3 is 2.58 bits per heavy atom. The highest BCUT2D eigenvalue weighted by molar-refractivity contribution is 6.02. The summed E-state index contributed by atoms with van der Waals surface area (Å²) in [5, 5.41) is 10.7. The van der Waals surface area contributed by atoms with Crippen LogP contribution < -0.4 is 5.32 Å². The van der Waals surface area contributed by atoms with E-state index < -0.39 is 17.8 Å². The molecule has 0 radical (unpaired) electrons. The van der Waals surface area contributed by atoms with E-state index in [0.717, 1.165) is 24.5 Å². The molecule has 1 fully saturated rings. The van der Waals surface area contributed by atoms with E-state index in [1.165, 1.54) is 6.07 Å². The number of carbonyl (C=O) groups is 1. The van der Waals surface area contributed by atoms with Gasteiger partial charge in [0.2, 0.25) is 0 Å². The van der Waals surface area contributed by atoms with Gasteiger partial charge in [-0.1, -0.05) is 30.3 Å². The van der Waals surface area contributed by atoms with Crippen LogP contribution in [0.25, 0.3) is 5.65 Å². The summed E-state index contributed by atoms with van der Waals surface area (Å²) in [6.45, 7) is 0.522. The molecule has 5 rings (SSSR count). The molecule has 1 aliphatic rings. The van der Waals surface area contributed by atoms with Gasteiger partial charge in [0.25, 0.3) is 5.91 Å². The van der Waals surface area contributed by atoms with Crippen LogP contribution >= 0.6 is 0 Å². The summed E-state index contributed by atoms with van der Waals surface area (Å²) in [7, 11) is 0. The van der Waals surface area contributed by atoms with Crippen molar-refractivity contribution in [3.05, 3.63) is 77.4 Å². The minimum Gasteiger partial charge on any atom is -0.304 e. The zero-order valence-electron chi connectivity index (χ0n) is 16.2. The minimum absolute atomic E-state index is 0.00326. The van der Waals surface area contributed by atoms with E-state index in [1.54, 1.807) is 16.9 Å². The summed E-state index contributed by atoms with van der Waals surface area (Å²) in [6.07, 6.45) is -1.28. The van der Waals surface area contributed by atoms with E-state index in [2.05, 4.69) is 20.5 Å². The van der Waals surface area contributed by atoms with Crippen LogP contribution in [0.5, 0.6) is 0 Å². The third-order valence-corrected chi connectivity index (χ3v) is 5.04. The Morgan fingerprint density at radius 1 is 1.10 bits per heavy atom. The van der Waals surface area contributed by atoms with Crippen molar-refractivity contribution in [3.8, 4) is 0 Å². The van der Waals surface area contributed by atoms with Crippen molar-refractivity contribution in [1.82, 2.24) is 24.4 Å². The van der Waals surface area contributed by atoms with E-state index in [9.17, 15) is 18.0 Å². The number of carbonyl (C=O) groups excluding carboxylic acids is 1. The van der Waals surface area contributed by atoms with Crippen molar-refractivity contribution in [1.29, 1.82) is 0 Å². The minimum atomic E-state index is -4.61. The summed E-state index contributed by atoms with van der Waals surface area (Å²) in [5.41, 5.74) is 0.318. The molecule has 3 heterocycles. The maximum absolute atomic E-state index is 13.5. The predicted molar refractivity (Wildman–Crippen MR) is 106 cm³/mol. The number of hydrogen-bond acceptors (Lipinski definition) is 4. The Balaban J connectivity index is 1.39. The van der Waals surface area contributed by atoms with Crippen LogP contribution in [0, 0.1) is 0 Å². The normalized spacial score (nSPS) is 14.2. The Hall–Kier alpha value is -3.69. The fourth-order valence-corrected chi connectivity index (χ4v) is 3.36. The van der Waals surface area contributed by atoms with Crippen molar-refractivity contribution in [2.75, 3.05) is 5.32 Å². The van der Waals surface area contributed by atoms with E-state index in [0.29, 0.717) is 16.8 Å². The van der Waals surface area contributed by atoms with E-state index in [1.807, 2.05) is 30.3 Å². The topological polar surface area (TPSA) is 77.1 Å². The fraction of sp³-hybridized carbons (Fsp3) is 0.238. The highest BCUT2D eigenvalue weighted by Gasteiger charge is 2.37. The molecule has 31 heavy (non-hydrogen) atoms. The summed E-state index contributed by atoms with van der Waals surface area (Å²) in [5.74, 6) is -0.343. The van der Waals surface area contributed by atoms with Gasteiger partial charge in [-0.15, -0.1) is 0 Å². The lowest BCUT2D eigenvalue weighted by Crippen LogP contribution is -2.16. The third kappa shape index (κ3) is 4.00. The molecule has 7 nitrogen and oxygen atoms in total. The second kappa shape index (κ2) is 7.22. The number of halogens is 3. The van der Waals surface area contributed by atoms with Crippen LogP contribution in [0.3, 0.4) is 0 Å². The van der Waals surface area contributed by atoms with Gasteiger partial charge in [-0.3, -0.25) is 9.48 Å². The first kappa shape index (κ1) is 19.3. The molecule has 0 bridgehead atoms. The second-order valence-electron chi connectivity index (χ2n) is 7.48.